The lowest BCUT2D eigenvalue weighted by molar-refractivity contribution is 0.0146. The number of nitrogens with zero attached hydrogens (tertiary/aromatic N) is 1. The fourth-order valence-corrected chi connectivity index (χ4v) is 3.20. The van der Waals surface area contributed by atoms with Crippen molar-refractivity contribution in [3.05, 3.63) is 0 Å². The lowest BCUT2D eigenvalue weighted by Crippen LogP contribution is -2.46. The summed E-state index contributed by atoms with van der Waals surface area (Å²) in [6, 6.07) is 0.554. The summed E-state index contributed by atoms with van der Waals surface area (Å²) < 4.78 is 5.49. The molecule has 1 saturated heterocycles. The average molecular weight is 240 g/mol. The Balaban J connectivity index is 2.08. The maximum atomic E-state index is 12.2. The quantitative estimate of drug-likeness (QED) is 0.764. The largest absolute Gasteiger partial charge is 0.444 e. The molecule has 17 heavy (non-hydrogen) atoms. The van der Waals surface area contributed by atoms with Gasteiger partial charge in [0.2, 0.25) is 0 Å². The van der Waals surface area contributed by atoms with E-state index in [1.165, 1.54) is 12.8 Å². The highest BCUT2D eigenvalue weighted by atomic mass is 16.6. The molecule has 1 aliphatic heterocycles. The van der Waals surface area contributed by atoms with E-state index in [2.05, 4.69) is 0 Å². The van der Waals surface area contributed by atoms with E-state index in [9.17, 15) is 4.79 Å². The normalized spacial score (nSPS) is 32.7. The fraction of sp³-hybridized carbons (Fsp3) is 0.923. The number of nitrogens with two attached hydrogens (primary N) is 1. The van der Waals surface area contributed by atoms with Gasteiger partial charge in [-0.2, -0.15) is 0 Å². The third-order valence-corrected chi connectivity index (χ3v) is 3.82. The first-order valence-corrected chi connectivity index (χ1v) is 6.64. The van der Waals surface area contributed by atoms with Gasteiger partial charge in [0.15, 0.2) is 0 Å². The molecule has 3 unspecified atom stereocenters. The maximum Gasteiger partial charge on any atom is 0.410 e. The topological polar surface area (TPSA) is 55.6 Å². The molecule has 2 fully saturated rings. The second-order valence-electron chi connectivity index (χ2n) is 6.27. The number of carbonyl (C=O) groups is 1. The number of amides is 1. The predicted molar refractivity (Wildman–Crippen MR) is 66.7 cm³/mol. The number of likely N-dealkylation sites (tertiary alicyclic amines) is 1. The zero-order valence-corrected chi connectivity index (χ0v) is 11.1. The van der Waals surface area contributed by atoms with Gasteiger partial charge in [-0.1, -0.05) is 6.42 Å². The number of carbonyl (C=O) groups excluding carboxylic acids is 1. The van der Waals surface area contributed by atoms with Crippen LogP contribution in [-0.4, -0.2) is 35.2 Å². The van der Waals surface area contributed by atoms with Gasteiger partial charge in [0.1, 0.15) is 5.60 Å². The molecule has 98 valence electrons. The highest BCUT2D eigenvalue weighted by molar-refractivity contribution is 5.69. The van der Waals surface area contributed by atoms with E-state index in [0.29, 0.717) is 18.5 Å². The number of fused-ring (bicyclic) bond motifs is 1. The SMILES string of the molecule is CC(C)(C)OC(=O)N1C(CN)CC2CCCC21. The lowest BCUT2D eigenvalue weighted by Gasteiger charge is -2.31. The van der Waals surface area contributed by atoms with Gasteiger partial charge in [-0.15, -0.1) is 0 Å². The summed E-state index contributed by atoms with van der Waals surface area (Å²) in [5.74, 6) is 0.649. The Morgan fingerprint density at radius 2 is 2.12 bits per heavy atom. The minimum atomic E-state index is -0.424. The second kappa shape index (κ2) is 4.48. The monoisotopic (exact) mass is 240 g/mol. The van der Waals surface area contributed by atoms with Crippen molar-refractivity contribution in [2.45, 2.75) is 64.1 Å². The van der Waals surface area contributed by atoms with Crippen LogP contribution in [0.2, 0.25) is 0 Å². The van der Waals surface area contributed by atoms with Crippen molar-refractivity contribution in [3.63, 3.8) is 0 Å². The lowest BCUT2D eigenvalue weighted by atomic mass is 10.0. The van der Waals surface area contributed by atoms with E-state index < -0.39 is 5.60 Å². The third-order valence-electron chi connectivity index (χ3n) is 3.82. The summed E-state index contributed by atoms with van der Waals surface area (Å²) in [6.07, 6.45) is 4.45. The van der Waals surface area contributed by atoms with Crippen molar-refractivity contribution in [2.24, 2.45) is 11.7 Å². The first-order valence-electron chi connectivity index (χ1n) is 6.64. The van der Waals surface area contributed by atoms with E-state index in [4.69, 9.17) is 10.5 Å². The molecule has 1 heterocycles. The molecule has 4 heteroatoms. The van der Waals surface area contributed by atoms with Crippen LogP contribution >= 0.6 is 0 Å². The van der Waals surface area contributed by atoms with Gasteiger partial charge in [-0.3, -0.25) is 0 Å². The number of rotatable bonds is 1. The van der Waals surface area contributed by atoms with Crippen molar-refractivity contribution < 1.29 is 9.53 Å². The Labute approximate surface area is 103 Å². The van der Waals surface area contributed by atoms with E-state index in [1.54, 1.807) is 0 Å². The van der Waals surface area contributed by atoms with E-state index in [-0.39, 0.29) is 12.1 Å². The van der Waals surface area contributed by atoms with Gasteiger partial charge in [0, 0.05) is 18.6 Å². The molecule has 3 atom stereocenters. The Morgan fingerprint density at radius 1 is 1.41 bits per heavy atom. The van der Waals surface area contributed by atoms with Crippen LogP contribution in [0.1, 0.15) is 46.5 Å². The first kappa shape index (κ1) is 12.7. The molecule has 0 aromatic carbocycles. The molecule has 1 saturated carbocycles. The highest BCUT2D eigenvalue weighted by Crippen LogP contribution is 2.41. The van der Waals surface area contributed by atoms with Crippen LogP contribution in [0.3, 0.4) is 0 Å². The molecule has 0 aromatic rings. The maximum absolute atomic E-state index is 12.2. The van der Waals surface area contributed by atoms with Crippen LogP contribution < -0.4 is 5.73 Å². The Bertz CT molecular complexity index is 298. The van der Waals surface area contributed by atoms with Crippen LogP contribution in [0.15, 0.2) is 0 Å². The second-order valence-corrected chi connectivity index (χ2v) is 6.27. The van der Waals surface area contributed by atoms with Gasteiger partial charge < -0.3 is 15.4 Å². The van der Waals surface area contributed by atoms with Gasteiger partial charge in [-0.05, 0) is 46.0 Å². The minimum absolute atomic E-state index is 0.178. The minimum Gasteiger partial charge on any atom is -0.444 e. The molecule has 1 amide bonds. The number of ether oxygens (including phenoxy) is 1. The van der Waals surface area contributed by atoms with Crippen LogP contribution in [0.4, 0.5) is 4.79 Å². The Morgan fingerprint density at radius 3 is 2.71 bits per heavy atom. The van der Waals surface area contributed by atoms with Crippen LogP contribution in [-0.2, 0) is 4.74 Å². The molecule has 4 nitrogen and oxygen atoms in total. The van der Waals surface area contributed by atoms with E-state index >= 15 is 0 Å². The molecule has 1 aliphatic carbocycles. The van der Waals surface area contributed by atoms with Crippen LogP contribution in [0.25, 0.3) is 0 Å². The Kier molecular flexibility index (Phi) is 3.34. The van der Waals surface area contributed by atoms with Crippen molar-refractivity contribution in [1.29, 1.82) is 0 Å². The molecule has 2 aliphatic rings. The van der Waals surface area contributed by atoms with Gasteiger partial charge in [0.25, 0.3) is 0 Å². The first-order chi connectivity index (χ1) is 7.92. The van der Waals surface area contributed by atoms with Crippen molar-refractivity contribution in [3.8, 4) is 0 Å². The van der Waals surface area contributed by atoms with Crippen LogP contribution in [0.5, 0.6) is 0 Å². The summed E-state index contributed by atoms with van der Waals surface area (Å²) in [4.78, 5) is 14.1. The standard InChI is InChI=1S/C13H24N2O2/c1-13(2,3)17-12(16)15-10(8-14)7-9-5-4-6-11(9)15/h9-11H,4-8,14H2,1-3H3. The van der Waals surface area contributed by atoms with Gasteiger partial charge in [-0.25, -0.2) is 4.79 Å². The summed E-state index contributed by atoms with van der Waals surface area (Å²) in [5.41, 5.74) is 5.36. The van der Waals surface area contributed by atoms with Crippen molar-refractivity contribution in [2.75, 3.05) is 6.54 Å². The van der Waals surface area contributed by atoms with Crippen molar-refractivity contribution in [1.82, 2.24) is 4.90 Å². The van der Waals surface area contributed by atoms with Crippen molar-refractivity contribution >= 4 is 6.09 Å². The number of hydrogen-bond acceptors (Lipinski definition) is 3. The van der Waals surface area contributed by atoms with Crippen LogP contribution in [0, 0.1) is 5.92 Å². The predicted octanol–water partition coefficient (Wildman–Crippen LogP) is 2.12. The molecular weight excluding hydrogens is 216 g/mol. The molecule has 0 spiro atoms. The fourth-order valence-electron chi connectivity index (χ4n) is 3.20. The summed E-state index contributed by atoms with van der Waals surface area (Å²) in [7, 11) is 0. The smallest absolute Gasteiger partial charge is 0.410 e. The third kappa shape index (κ3) is 2.57. The molecule has 0 aromatic heterocycles. The average Bonchev–Trinajstić information content (AvgIpc) is 2.71. The van der Waals surface area contributed by atoms with E-state index in [0.717, 1.165) is 12.8 Å². The molecular formula is C13H24N2O2. The summed E-state index contributed by atoms with van der Waals surface area (Å²) >= 11 is 0. The number of hydrogen-bond donors (Lipinski definition) is 1. The molecule has 2 rings (SSSR count). The Hall–Kier alpha value is -0.770. The summed E-state index contributed by atoms with van der Waals surface area (Å²) in [6.45, 7) is 6.27. The molecule has 2 N–H and O–H groups in total. The highest BCUT2D eigenvalue weighted by Gasteiger charge is 2.46. The van der Waals surface area contributed by atoms with E-state index in [1.807, 2.05) is 25.7 Å². The zero-order valence-electron chi connectivity index (χ0n) is 11.1. The molecule has 0 radical (unpaired) electrons. The zero-order chi connectivity index (χ0) is 12.6. The van der Waals surface area contributed by atoms with Gasteiger partial charge >= 0.3 is 6.09 Å². The van der Waals surface area contributed by atoms with Gasteiger partial charge in [0.05, 0.1) is 0 Å². The molecule has 0 bridgehead atoms. The summed E-state index contributed by atoms with van der Waals surface area (Å²) in [5, 5.41) is 0.